The number of hydrogen-bond acceptors (Lipinski definition) is 3. The molecule has 0 atom stereocenters. The van der Waals surface area contributed by atoms with E-state index in [4.69, 9.17) is 5.41 Å². The molecule has 0 spiro atoms. The van der Waals surface area contributed by atoms with Gasteiger partial charge in [0.05, 0.1) is 0 Å². The molecule has 1 N–H and O–H groups in total. The molecule has 0 aliphatic rings. The highest BCUT2D eigenvalue weighted by molar-refractivity contribution is 5.93. The Hall–Kier alpha value is -1.45. The molecule has 1 aromatic rings. The van der Waals surface area contributed by atoms with Crippen LogP contribution in [0.3, 0.4) is 0 Å². The summed E-state index contributed by atoms with van der Waals surface area (Å²) in [5, 5.41) is 7.62. The molecule has 1 heterocycles. The summed E-state index contributed by atoms with van der Waals surface area (Å²) in [4.78, 5) is 9.78. The Morgan fingerprint density at radius 1 is 1.50 bits per heavy atom. The number of rotatable bonds is 1. The molecule has 0 amide bonds. The highest BCUT2D eigenvalue weighted by Gasteiger charge is 2.04. The van der Waals surface area contributed by atoms with Gasteiger partial charge in [-0.3, -0.25) is 5.41 Å². The van der Waals surface area contributed by atoms with Gasteiger partial charge in [-0.05, 0) is 13.0 Å². The maximum atomic E-state index is 7.62. The maximum Gasteiger partial charge on any atom is 0.146 e. The average molecular weight is 164 g/mol. The summed E-state index contributed by atoms with van der Waals surface area (Å²) in [7, 11) is 3.64. The van der Waals surface area contributed by atoms with E-state index in [1.54, 1.807) is 17.2 Å². The van der Waals surface area contributed by atoms with Gasteiger partial charge in [0.25, 0.3) is 0 Å². The first-order valence-corrected chi connectivity index (χ1v) is 3.67. The first-order chi connectivity index (χ1) is 5.61. The van der Waals surface area contributed by atoms with E-state index in [0.29, 0.717) is 17.4 Å². The Kier molecular flexibility index (Phi) is 2.38. The highest BCUT2D eigenvalue weighted by Crippen LogP contribution is 1.97. The Balaban J connectivity index is 2.96. The van der Waals surface area contributed by atoms with Gasteiger partial charge in [-0.15, -0.1) is 0 Å². The second-order valence-electron chi connectivity index (χ2n) is 2.73. The van der Waals surface area contributed by atoms with Gasteiger partial charge >= 0.3 is 0 Å². The van der Waals surface area contributed by atoms with E-state index < -0.39 is 0 Å². The monoisotopic (exact) mass is 164 g/mol. The van der Waals surface area contributed by atoms with E-state index >= 15 is 0 Å². The maximum absolute atomic E-state index is 7.62. The van der Waals surface area contributed by atoms with Crippen LogP contribution in [-0.4, -0.2) is 34.8 Å². The van der Waals surface area contributed by atoms with Gasteiger partial charge in [0.2, 0.25) is 0 Å². The molecule has 0 aliphatic heterocycles. The molecular weight excluding hydrogens is 152 g/mol. The lowest BCUT2D eigenvalue weighted by atomic mass is 10.3. The van der Waals surface area contributed by atoms with E-state index in [2.05, 4.69) is 9.97 Å². The van der Waals surface area contributed by atoms with Crippen molar-refractivity contribution in [2.45, 2.75) is 6.92 Å². The van der Waals surface area contributed by atoms with Crippen LogP contribution in [0.25, 0.3) is 0 Å². The van der Waals surface area contributed by atoms with Crippen LogP contribution in [0.1, 0.15) is 11.5 Å². The van der Waals surface area contributed by atoms with Crippen LogP contribution in [0.5, 0.6) is 0 Å². The summed E-state index contributed by atoms with van der Waals surface area (Å²) in [5.41, 5.74) is 0.660. The second-order valence-corrected chi connectivity index (χ2v) is 2.73. The van der Waals surface area contributed by atoms with E-state index in [1.807, 2.05) is 21.0 Å². The van der Waals surface area contributed by atoms with Crippen molar-refractivity contribution in [1.82, 2.24) is 14.9 Å². The molecular formula is C8H12N4. The molecule has 1 rings (SSSR count). The van der Waals surface area contributed by atoms with Gasteiger partial charge < -0.3 is 4.90 Å². The van der Waals surface area contributed by atoms with Crippen LogP contribution in [0.2, 0.25) is 0 Å². The van der Waals surface area contributed by atoms with Crippen molar-refractivity contribution in [1.29, 1.82) is 5.41 Å². The molecule has 0 bridgehead atoms. The van der Waals surface area contributed by atoms with Crippen LogP contribution >= 0.6 is 0 Å². The average Bonchev–Trinajstić information content (AvgIpc) is 2.03. The fraction of sp³-hybridized carbons (Fsp3) is 0.375. The zero-order valence-electron chi connectivity index (χ0n) is 7.50. The Labute approximate surface area is 71.8 Å². The molecule has 0 unspecified atom stereocenters. The SMILES string of the molecule is Cc1nccc(C(=N)N(C)C)n1. The number of hydrogen-bond donors (Lipinski definition) is 1. The summed E-state index contributed by atoms with van der Waals surface area (Å²) < 4.78 is 0. The van der Waals surface area contributed by atoms with Crippen LogP contribution < -0.4 is 0 Å². The van der Waals surface area contributed by atoms with Crippen molar-refractivity contribution in [3.8, 4) is 0 Å². The normalized spacial score (nSPS) is 9.58. The van der Waals surface area contributed by atoms with Crippen LogP contribution in [0.15, 0.2) is 12.3 Å². The first kappa shape index (κ1) is 8.64. The Bertz CT molecular complexity index is 293. The molecule has 0 radical (unpaired) electrons. The molecule has 0 aliphatic carbocycles. The zero-order valence-corrected chi connectivity index (χ0v) is 7.50. The zero-order chi connectivity index (χ0) is 9.14. The summed E-state index contributed by atoms with van der Waals surface area (Å²) in [5.74, 6) is 1.10. The topological polar surface area (TPSA) is 52.9 Å². The summed E-state index contributed by atoms with van der Waals surface area (Å²) >= 11 is 0. The molecule has 4 nitrogen and oxygen atoms in total. The molecule has 4 heteroatoms. The van der Waals surface area contributed by atoms with Crippen molar-refractivity contribution in [3.05, 3.63) is 23.8 Å². The van der Waals surface area contributed by atoms with E-state index in [9.17, 15) is 0 Å². The van der Waals surface area contributed by atoms with Crippen LogP contribution in [-0.2, 0) is 0 Å². The fourth-order valence-electron chi connectivity index (χ4n) is 0.817. The molecule has 1 aromatic heterocycles. The van der Waals surface area contributed by atoms with Crippen molar-refractivity contribution < 1.29 is 0 Å². The van der Waals surface area contributed by atoms with Gasteiger partial charge in [0.1, 0.15) is 17.4 Å². The van der Waals surface area contributed by atoms with E-state index in [-0.39, 0.29) is 0 Å². The lowest BCUT2D eigenvalue weighted by Crippen LogP contribution is -2.23. The molecule has 64 valence electrons. The largest absolute Gasteiger partial charge is 0.361 e. The summed E-state index contributed by atoms with van der Waals surface area (Å²) in [6.07, 6.45) is 1.66. The third-order valence-corrected chi connectivity index (χ3v) is 1.47. The quantitative estimate of drug-likeness (QED) is 0.490. The lowest BCUT2D eigenvalue weighted by Gasteiger charge is -2.12. The third-order valence-electron chi connectivity index (χ3n) is 1.47. The van der Waals surface area contributed by atoms with Crippen molar-refractivity contribution in [2.24, 2.45) is 0 Å². The van der Waals surface area contributed by atoms with Crippen LogP contribution in [0, 0.1) is 12.3 Å². The lowest BCUT2D eigenvalue weighted by molar-refractivity contribution is 0.616. The van der Waals surface area contributed by atoms with Gasteiger partial charge in [-0.2, -0.15) is 0 Å². The minimum Gasteiger partial charge on any atom is -0.361 e. The van der Waals surface area contributed by atoms with E-state index in [0.717, 1.165) is 0 Å². The second kappa shape index (κ2) is 3.30. The number of nitrogens with one attached hydrogen (secondary N) is 1. The van der Waals surface area contributed by atoms with E-state index in [1.165, 1.54) is 0 Å². The van der Waals surface area contributed by atoms with Crippen molar-refractivity contribution >= 4 is 5.84 Å². The number of aromatic nitrogens is 2. The molecule has 0 aromatic carbocycles. The van der Waals surface area contributed by atoms with Crippen molar-refractivity contribution in [3.63, 3.8) is 0 Å². The predicted molar refractivity (Wildman–Crippen MR) is 47.3 cm³/mol. The molecule has 0 fully saturated rings. The molecule has 0 saturated carbocycles. The smallest absolute Gasteiger partial charge is 0.146 e. The van der Waals surface area contributed by atoms with Gasteiger partial charge in [0, 0.05) is 20.3 Å². The first-order valence-electron chi connectivity index (χ1n) is 3.67. The number of amidine groups is 1. The van der Waals surface area contributed by atoms with Gasteiger partial charge in [0.15, 0.2) is 0 Å². The van der Waals surface area contributed by atoms with Gasteiger partial charge in [-0.25, -0.2) is 9.97 Å². The van der Waals surface area contributed by atoms with Crippen LogP contribution in [0.4, 0.5) is 0 Å². The Morgan fingerprint density at radius 2 is 2.17 bits per heavy atom. The molecule has 12 heavy (non-hydrogen) atoms. The minimum atomic E-state index is 0.403. The van der Waals surface area contributed by atoms with Gasteiger partial charge in [-0.1, -0.05) is 0 Å². The Morgan fingerprint density at radius 3 is 2.67 bits per heavy atom. The summed E-state index contributed by atoms with van der Waals surface area (Å²) in [6.45, 7) is 1.81. The standard InChI is InChI=1S/C8H12N4/c1-6-10-5-4-7(11-6)8(9)12(2)3/h4-5,9H,1-3H3. The minimum absolute atomic E-state index is 0.403. The highest BCUT2D eigenvalue weighted by atomic mass is 15.1. The fourth-order valence-corrected chi connectivity index (χ4v) is 0.817. The summed E-state index contributed by atoms with van der Waals surface area (Å²) in [6, 6.07) is 1.73. The molecule has 0 saturated heterocycles. The third kappa shape index (κ3) is 1.78. The van der Waals surface area contributed by atoms with Crippen molar-refractivity contribution in [2.75, 3.05) is 14.1 Å². The predicted octanol–water partition coefficient (Wildman–Crippen LogP) is 0.672. The number of nitrogens with zero attached hydrogens (tertiary/aromatic N) is 3. The number of aryl methyl sites for hydroxylation is 1.